The van der Waals surface area contributed by atoms with E-state index in [1.165, 1.54) is 6.08 Å². The first-order chi connectivity index (χ1) is 8.31. The van der Waals surface area contributed by atoms with Crippen molar-refractivity contribution in [1.29, 1.82) is 0 Å². The lowest BCUT2D eigenvalue weighted by molar-refractivity contribution is 0.570. The van der Waals surface area contributed by atoms with Crippen LogP contribution in [0, 0.1) is 6.92 Å². The van der Waals surface area contributed by atoms with E-state index in [2.05, 4.69) is 4.98 Å². The predicted molar refractivity (Wildman–Crippen MR) is 69.7 cm³/mol. The van der Waals surface area contributed by atoms with E-state index < -0.39 is 0 Å². The molecule has 17 heavy (non-hydrogen) atoms. The average molecular weight is 241 g/mol. The number of hydrogen-bond acceptors (Lipinski definition) is 3. The van der Waals surface area contributed by atoms with Crippen molar-refractivity contribution in [1.82, 2.24) is 4.98 Å². The van der Waals surface area contributed by atoms with E-state index >= 15 is 0 Å². The summed E-state index contributed by atoms with van der Waals surface area (Å²) < 4.78 is 0. The minimum atomic E-state index is 0.885. The van der Waals surface area contributed by atoms with E-state index in [-0.39, 0.29) is 0 Å². The van der Waals surface area contributed by atoms with Gasteiger partial charge in [0.25, 0.3) is 0 Å². The zero-order chi connectivity index (χ0) is 12.1. The number of aromatic nitrogens is 1. The van der Waals surface area contributed by atoms with Crippen LogP contribution in [-0.2, 0) is 4.79 Å². The van der Waals surface area contributed by atoms with E-state index in [0.717, 1.165) is 21.0 Å². The highest BCUT2D eigenvalue weighted by Gasteiger charge is 2.06. The van der Waals surface area contributed by atoms with Gasteiger partial charge in [0.1, 0.15) is 11.0 Å². The fraction of sp³-hybridized carbons (Fsp3) is 0.0714. The maximum Gasteiger partial charge on any atom is 0.125 e. The molecule has 84 valence electrons. The van der Waals surface area contributed by atoms with Crippen LogP contribution in [-0.4, -0.2) is 10.9 Å². The Hall–Kier alpha value is -1.83. The minimum absolute atomic E-state index is 0.885. The number of rotatable bonds is 3. The molecular weight excluding hydrogens is 230 g/mol. The third-order valence-electron chi connectivity index (χ3n) is 2.30. The highest BCUT2D eigenvalue weighted by molar-refractivity contribution is 7.99. The van der Waals surface area contributed by atoms with Gasteiger partial charge >= 0.3 is 0 Å². The fourth-order valence-electron chi connectivity index (χ4n) is 1.50. The Morgan fingerprint density at radius 3 is 2.82 bits per heavy atom. The Morgan fingerprint density at radius 1 is 1.24 bits per heavy atom. The van der Waals surface area contributed by atoms with Gasteiger partial charge in [0.2, 0.25) is 0 Å². The zero-order valence-corrected chi connectivity index (χ0v) is 10.2. The molecule has 3 heteroatoms. The lowest BCUT2D eigenvalue weighted by Gasteiger charge is -2.07. The summed E-state index contributed by atoms with van der Waals surface area (Å²) in [5.74, 6) is 1.83. The van der Waals surface area contributed by atoms with E-state index in [0.29, 0.717) is 0 Å². The first-order valence-electron chi connectivity index (χ1n) is 5.20. The summed E-state index contributed by atoms with van der Waals surface area (Å²) in [4.78, 5) is 15.8. The molecule has 0 aliphatic heterocycles. The Morgan fingerprint density at radius 2 is 2.12 bits per heavy atom. The second kappa shape index (κ2) is 5.48. The molecule has 1 heterocycles. The van der Waals surface area contributed by atoms with Gasteiger partial charge in [-0.15, -0.1) is 0 Å². The lowest BCUT2D eigenvalue weighted by Crippen LogP contribution is -1.86. The van der Waals surface area contributed by atoms with Crippen LogP contribution in [0.15, 0.2) is 52.5 Å². The number of pyridine rings is 1. The molecule has 0 aliphatic carbocycles. The Labute approximate surface area is 104 Å². The first kappa shape index (κ1) is 11.6. The van der Waals surface area contributed by atoms with Crippen LogP contribution >= 0.6 is 11.8 Å². The van der Waals surface area contributed by atoms with Crippen molar-refractivity contribution < 1.29 is 4.79 Å². The number of benzene rings is 1. The summed E-state index contributed by atoms with van der Waals surface area (Å²) in [5.41, 5.74) is 2.01. The molecule has 0 N–H and O–H groups in total. The van der Waals surface area contributed by atoms with Gasteiger partial charge in [-0.1, -0.05) is 36.0 Å². The molecule has 2 rings (SSSR count). The van der Waals surface area contributed by atoms with Crippen LogP contribution in [0.2, 0.25) is 0 Å². The van der Waals surface area contributed by atoms with Crippen molar-refractivity contribution in [3.8, 4) is 0 Å². The lowest BCUT2D eigenvalue weighted by atomic mass is 10.1. The van der Waals surface area contributed by atoms with Crippen LogP contribution in [0.5, 0.6) is 0 Å². The molecule has 0 bridgehead atoms. The van der Waals surface area contributed by atoms with Gasteiger partial charge in [-0.3, -0.25) is 0 Å². The van der Waals surface area contributed by atoms with Crippen molar-refractivity contribution in [2.45, 2.75) is 16.8 Å². The highest BCUT2D eigenvalue weighted by Crippen LogP contribution is 2.32. The van der Waals surface area contributed by atoms with Crippen molar-refractivity contribution in [3.05, 3.63) is 53.7 Å². The molecular formula is C14H11NOS. The monoisotopic (exact) mass is 241 g/mol. The fourth-order valence-corrected chi connectivity index (χ4v) is 2.45. The molecule has 0 aliphatic rings. The van der Waals surface area contributed by atoms with Crippen molar-refractivity contribution in [2.24, 2.45) is 0 Å². The van der Waals surface area contributed by atoms with Gasteiger partial charge in [0.15, 0.2) is 0 Å². The molecule has 1 aromatic heterocycles. The molecule has 2 aromatic rings. The molecule has 0 amide bonds. The standard InChI is InChI=1S/C14H11NOS/c1-11-5-4-6-12(8-10-16)14(11)17-13-7-2-3-9-15-13/h2-9H,1H3. The second-order valence-electron chi connectivity index (χ2n) is 3.53. The van der Waals surface area contributed by atoms with Crippen molar-refractivity contribution >= 4 is 23.8 Å². The van der Waals surface area contributed by atoms with Gasteiger partial charge in [-0.05, 0) is 30.2 Å². The number of hydrogen-bond donors (Lipinski definition) is 0. The van der Waals surface area contributed by atoms with Gasteiger partial charge in [0.05, 0.1) is 0 Å². The molecule has 0 atom stereocenters. The van der Waals surface area contributed by atoms with Crippen molar-refractivity contribution in [2.75, 3.05) is 0 Å². The molecule has 0 fully saturated rings. The van der Waals surface area contributed by atoms with Crippen LogP contribution in [0.4, 0.5) is 0 Å². The molecule has 0 saturated heterocycles. The van der Waals surface area contributed by atoms with Gasteiger partial charge in [-0.25, -0.2) is 9.78 Å². The van der Waals surface area contributed by atoms with Crippen LogP contribution in [0.3, 0.4) is 0 Å². The number of nitrogens with zero attached hydrogens (tertiary/aromatic N) is 1. The Balaban J connectivity index is 2.41. The second-order valence-corrected chi connectivity index (χ2v) is 4.56. The average Bonchev–Trinajstić information content (AvgIpc) is 2.35. The molecule has 0 radical (unpaired) electrons. The summed E-state index contributed by atoms with van der Waals surface area (Å²) in [5, 5.41) is 0.919. The third-order valence-corrected chi connectivity index (χ3v) is 3.51. The summed E-state index contributed by atoms with van der Waals surface area (Å²) in [6.07, 6.45) is 3.22. The van der Waals surface area contributed by atoms with E-state index in [4.69, 9.17) is 0 Å². The maximum absolute atomic E-state index is 10.5. The van der Waals surface area contributed by atoms with Crippen molar-refractivity contribution in [3.63, 3.8) is 0 Å². The summed E-state index contributed by atoms with van der Waals surface area (Å²) in [6, 6.07) is 11.6. The number of aryl methyl sites for hydroxylation is 1. The van der Waals surface area contributed by atoms with Crippen LogP contribution in [0.1, 0.15) is 11.1 Å². The highest BCUT2D eigenvalue weighted by atomic mass is 32.2. The quantitative estimate of drug-likeness (QED) is 0.771. The Kier molecular flexibility index (Phi) is 3.76. The Bertz CT molecular complexity index is 560. The first-order valence-corrected chi connectivity index (χ1v) is 6.02. The molecule has 0 unspecified atom stereocenters. The SMILES string of the molecule is Cc1cccc(C=C=O)c1Sc1ccccn1. The van der Waals surface area contributed by atoms with Gasteiger partial charge in [-0.2, -0.15) is 0 Å². The summed E-state index contributed by atoms with van der Waals surface area (Å²) in [7, 11) is 0. The zero-order valence-electron chi connectivity index (χ0n) is 9.38. The van der Waals surface area contributed by atoms with Crippen LogP contribution < -0.4 is 0 Å². The number of carbonyl (C=O) groups excluding carboxylic acids is 1. The normalized spacial score (nSPS) is 9.71. The predicted octanol–water partition coefficient (Wildman–Crippen LogP) is 3.39. The van der Waals surface area contributed by atoms with E-state index in [9.17, 15) is 4.79 Å². The molecule has 0 saturated carbocycles. The molecule has 0 spiro atoms. The third kappa shape index (κ3) is 2.84. The van der Waals surface area contributed by atoms with Gasteiger partial charge in [0, 0.05) is 17.2 Å². The molecule has 2 nitrogen and oxygen atoms in total. The smallest absolute Gasteiger partial charge is 0.125 e. The minimum Gasteiger partial charge on any atom is -0.250 e. The largest absolute Gasteiger partial charge is 0.250 e. The van der Waals surface area contributed by atoms with E-state index in [1.54, 1.807) is 18.0 Å². The topological polar surface area (TPSA) is 30.0 Å². The van der Waals surface area contributed by atoms with E-state index in [1.807, 2.05) is 49.3 Å². The van der Waals surface area contributed by atoms with Gasteiger partial charge < -0.3 is 0 Å². The summed E-state index contributed by atoms with van der Waals surface area (Å²) in [6.45, 7) is 2.02. The summed E-state index contributed by atoms with van der Waals surface area (Å²) >= 11 is 1.56. The molecule has 1 aromatic carbocycles. The maximum atomic E-state index is 10.5. The van der Waals surface area contributed by atoms with Crippen LogP contribution in [0.25, 0.3) is 6.08 Å².